The lowest BCUT2D eigenvalue weighted by Gasteiger charge is -2.35. The van der Waals surface area contributed by atoms with Crippen molar-refractivity contribution in [2.24, 2.45) is 0 Å². The first-order chi connectivity index (χ1) is 16.5. The van der Waals surface area contributed by atoms with Crippen LogP contribution in [0.4, 0.5) is 9.18 Å². The molecule has 0 fully saturated rings. The molecule has 3 aromatic rings. The van der Waals surface area contributed by atoms with E-state index in [0.717, 1.165) is 5.56 Å². The quantitative estimate of drug-likeness (QED) is 0.533. The van der Waals surface area contributed by atoms with Crippen LogP contribution in [0.2, 0.25) is 0 Å². The normalized spacial score (nSPS) is 16.0. The zero-order valence-corrected chi connectivity index (χ0v) is 19.3. The van der Waals surface area contributed by atoms with Crippen molar-refractivity contribution < 1.29 is 27.9 Å². The molecule has 2 aromatic carbocycles. The summed E-state index contributed by atoms with van der Waals surface area (Å²) in [4.78, 5) is 19.1. The van der Waals surface area contributed by atoms with Crippen molar-refractivity contribution in [3.63, 3.8) is 0 Å². The van der Waals surface area contributed by atoms with E-state index in [1.165, 1.54) is 12.1 Å². The maximum Gasteiger partial charge on any atom is 0.322 e. The molecule has 0 saturated carbocycles. The molecule has 178 valence electrons. The number of rotatable bonds is 8. The Labute approximate surface area is 196 Å². The topological polar surface area (TPSA) is 99.0 Å². The van der Waals surface area contributed by atoms with Crippen LogP contribution in [0.1, 0.15) is 24.4 Å². The van der Waals surface area contributed by atoms with Gasteiger partial charge in [0.25, 0.3) is 5.89 Å². The van der Waals surface area contributed by atoms with Crippen LogP contribution in [-0.2, 0) is 4.74 Å². The van der Waals surface area contributed by atoms with Gasteiger partial charge in [0.1, 0.15) is 5.82 Å². The zero-order valence-electron chi connectivity index (χ0n) is 19.3. The number of halogens is 1. The van der Waals surface area contributed by atoms with Gasteiger partial charge in [-0.3, -0.25) is 4.90 Å². The summed E-state index contributed by atoms with van der Waals surface area (Å²) in [6.07, 6.45) is 0. The minimum Gasteiger partial charge on any atom is -0.493 e. The summed E-state index contributed by atoms with van der Waals surface area (Å²) in [7, 11) is 4.66. The molecule has 1 aliphatic heterocycles. The number of methoxy groups -OCH3 is 3. The highest BCUT2D eigenvalue weighted by Crippen LogP contribution is 2.40. The number of nitrogens with zero attached hydrogens (tertiary/aromatic N) is 3. The third kappa shape index (κ3) is 4.44. The first kappa shape index (κ1) is 23.2. The van der Waals surface area contributed by atoms with Gasteiger partial charge < -0.3 is 24.1 Å². The summed E-state index contributed by atoms with van der Waals surface area (Å²) in [6, 6.07) is 10.4. The Hall–Kier alpha value is -3.92. The van der Waals surface area contributed by atoms with Gasteiger partial charge in [-0.25, -0.2) is 9.18 Å². The predicted octanol–water partition coefficient (Wildman–Crippen LogP) is 4.04. The Balaban J connectivity index is 1.82. The number of nitrogens with one attached hydrogen (secondary N) is 1. The Morgan fingerprint density at radius 3 is 2.62 bits per heavy atom. The highest BCUT2D eigenvalue weighted by atomic mass is 19.1. The summed E-state index contributed by atoms with van der Waals surface area (Å²) < 4.78 is 35.3. The number of hydrogen-bond donors (Lipinski definition) is 1. The summed E-state index contributed by atoms with van der Waals surface area (Å²) in [6.45, 7) is 2.49. The maximum absolute atomic E-state index is 13.7. The van der Waals surface area contributed by atoms with Gasteiger partial charge in [0.15, 0.2) is 11.5 Å². The number of carbonyl (C=O) groups is 1. The molecular weight excluding hydrogens is 443 g/mol. The van der Waals surface area contributed by atoms with E-state index in [1.54, 1.807) is 50.5 Å². The second kappa shape index (κ2) is 9.92. The molecule has 34 heavy (non-hydrogen) atoms. The second-order valence-electron chi connectivity index (χ2n) is 7.57. The second-order valence-corrected chi connectivity index (χ2v) is 7.57. The van der Waals surface area contributed by atoms with E-state index >= 15 is 0 Å². The Morgan fingerprint density at radius 2 is 1.91 bits per heavy atom. The van der Waals surface area contributed by atoms with Gasteiger partial charge in [-0.15, -0.1) is 0 Å². The molecule has 0 saturated heterocycles. The number of carbonyl (C=O) groups excluding carboxylic acids is 1. The number of amides is 2. The van der Waals surface area contributed by atoms with Crippen LogP contribution in [0.3, 0.4) is 0 Å². The SMILES string of the molecule is COCCN1C(=O)NC(c2ccc(OC)c(OC)c2)C(c2nc(-c3cccc(F)c3)no2)=C1C. The minimum absolute atomic E-state index is 0.207. The van der Waals surface area contributed by atoms with Crippen LogP contribution < -0.4 is 14.8 Å². The van der Waals surface area contributed by atoms with Crippen LogP contribution >= 0.6 is 0 Å². The Kier molecular flexibility index (Phi) is 6.78. The number of ether oxygens (including phenoxy) is 3. The van der Waals surface area contributed by atoms with E-state index in [2.05, 4.69) is 15.5 Å². The van der Waals surface area contributed by atoms with Crippen molar-refractivity contribution in [3.8, 4) is 22.9 Å². The van der Waals surface area contributed by atoms with Crippen molar-refractivity contribution in [1.82, 2.24) is 20.4 Å². The first-order valence-electron chi connectivity index (χ1n) is 10.6. The molecule has 2 heterocycles. The van der Waals surface area contributed by atoms with Gasteiger partial charge >= 0.3 is 6.03 Å². The van der Waals surface area contributed by atoms with Gasteiger partial charge in [-0.05, 0) is 36.8 Å². The molecule has 0 aliphatic carbocycles. The number of hydrogen-bond acceptors (Lipinski definition) is 7. The summed E-state index contributed by atoms with van der Waals surface area (Å²) in [5.74, 6) is 1.11. The number of allylic oxidation sites excluding steroid dienone is 1. The lowest BCUT2D eigenvalue weighted by molar-refractivity contribution is 0.158. The lowest BCUT2D eigenvalue weighted by atomic mass is 9.94. The summed E-state index contributed by atoms with van der Waals surface area (Å²) in [5.41, 5.74) is 2.46. The van der Waals surface area contributed by atoms with E-state index in [0.29, 0.717) is 41.5 Å². The highest BCUT2D eigenvalue weighted by Gasteiger charge is 2.36. The molecule has 0 spiro atoms. The van der Waals surface area contributed by atoms with Gasteiger partial charge in [-0.2, -0.15) is 4.98 Å². The molecule has 1 aliphatic rings. The van der Waals surface area contributed by atoms with Crippen molar-refractivity contribution in [3.05, 3.63) is 65.4 Å². The largest absolute Gasteiger partial charge is 0.493 e. The fourth-order valence-corrected chi connectivity index (χ4v) is 3.87. The minimum atomic E-state index is -0.605. The Bertz CT molecular complexity index is 1230. The molecule has 9 nitrogen and oxygen atoms in total. The molecular formula is C24H25FN4O5. The maximum atomic E-state index is 13.7. The van der Waals surface area contributed by atoms with Crippen LogP contribution in [0.15, 0.2) is 52.7 Å². The zero-order chi connectivity index (χ0) is 24.2. The van der Waals surface area contributed by atoms with E-state index < -0.39 is 11.9 Å². The van der Waals surface area contributed by atoms with Crippen LogP contribution in [0, 0.1) is 5.82 Å². The lowest BCUT2D eigenvalue weighted by Crippen LogP contribution is -2.47. The van der Waals surface area contributed by atoms with Crippen molar-refractivity contribution in [2.45, 2.75) is 13.0 Å². The average molecular weight is 468 g/mol. The molecule has 1 atom stereocenters. The van der Waals surface area contributed by atoms with E-state index in [4.69, 9.17) is 18.7 Å². The van der Waals surface area contributed by atoms with Gasteiger partial charge in [0.05, 0.1) is 39.0 Å². The standard InChI is InChI=1S/C24H25FN4O5/c1-14-20(23-27-22(28-34-23)16-6-5-7-17(25)12-16)21(26-24(30)29(14)10-11-31-2)15-8-9-18(32-3)19(13-15)33-4/h5-9,12-13,21H,10-11H2,1-4H3,(H,26,30). The fourth-order valence-electron chi connectivity index (χ4n) is 3.87. The molecule has 0 bridgehead atoms. The smallest absolute Gasteiger partial charge is 0.322 e. The fraction of sp³-hybridized carbons (Fsp3) is 0.292. The third-order valence-electron chi connectivity index (χ3n) is 5.60. The summed E-state index contributed by atoms with van der Waals surface area (Å²) >= 11 is 0. The number of aromatic nitrogens is 2. The van der Waals surface area contributed by atoms with E-state index in [-0.39, 0.29) is 17.7 Å². The third-order valence-corrected chi connectivity index (χ3v) is 5.60. The highest BCUT2D eigenvalue weighted by molar-refractivity contribution is 5.87. The number of urea groups is 1. The average Bonchev–Trinajstić information content (AvgIpc) is 3.33. The van der Waals surface area contributed by atoms with Crippen molar-refractivity contribution in [1.29, 1.82) is 0 Å². The molecule has 1 aromatic heterocycles. The molecule has 4 rings (SSSR count). The summed E-state index contributed by atoms with van der Waals surface area (Å²) in [5, 5.41) is 7.05. The van der Waals surface area contributed by atoms with E-state index in [9.17, 15) is 9.18 Å². The van der Waals surface area contributed by atoms with Crippen molar-refractivity contribution in [2.75, 3.05) is 34.5 Å². The molecule has 1 unspecified atom stereocenters. The first-order valence-corrected chi connectivity index (χ1v) is 10.6. The van der Waals surface area contributed by atoms with Gasteiger partial charge in [0, 0.05) is 18.4 Å². The Morgan fingerprint density at radius 1 is 1.12 bits per heavy atom. The van der Waals surface area contributed by atoms with Gasteiger partial charge in [0.2, 0.25) is 5.82 Å². The molecule has 2 amide bonds. The van der Waals surface area contributed by atoms with Crippen molar-refractivity contribution >= 4 is 11.6 Å². The van der Waals surface area contributed by atoms with Crippen LogP contribution in [0.25, 0.3) is 17.0 Å². The monoisotopic (exact) mass is 468 g/mol. The number of benzene rings is 2. The molecule has 1 N–H and O–H groups in total. The molecule has 0 radical (unpaired) electrons. The van der Waals surface area contributed by atoms with E-state index in [1.807, 2.05) is 13.0 Å². The molecule has 10 heteroatoms. The van der Waals surface area contributed by atoms with Crippen LogP contribution in [0.5, 0.6) is 11.5 Å². The predicted molar refractivity (Wildman–Crippen MR) is 122 cm³/mol. The van der Waals surface area contributed by atoms with Crippen LogP contribution in [-0.4, -0.2) is 55.6 Å². The van der Waals surface area contributed by atoms with Gasteiger partial charge in [-0.1, -0.05) is 23.4 Å².